The fourth-order valence-corrected chi connectivity index (χ4v) is 2.74. The van der Waals surface area contributed by atoms with E-state index in [0.717, 1.165) is 22.4 Å². The van der Waals surface area contributed by atoms with Crippen molar-refractivity contribution in [3.05, 3.63) is 107 Å². The van der Waals surface area contributed by atoms with Gasteiger partial charge in [-0.25, -0.2) is 4.79 Å². The fourth-order valence-electron chi connectivity index (χ4n) is 2.74. The van der Waals surface area contributed by atoms with E-state index in [2.05, 4.69) is 0 Å². The minimum atomic E-state index is -0.489. The molecule has 0 aromatic heterocycles. The first-order chi connectivity index (χ1) is 14.6. The summed E-state index contributed by atoms with van der Waals surface area (Å²) in [7, 11) is 0. The molecule has 3 aromatic rings. The standard InChI is InChI=1S/C26H26O4/c1-20(2)30-25(26(27)29-19-23-11-7-4-8-12-23)17-21-13-15-24(16-14-21)28-18-22-9-5-3-6-10-22/h3-17,20H,18-19H2,1-2H3. The highest BCUT2D eigenvalue weighted by Gasteiger charge is 2.15. The molecule has 0 radical (unpaired) electrons. The van der Waals surface area contributed by atoms with Gasteiger partial charge < -0.3 is 14.2 Å². The van der Waals surface area contributed by atoms with E-state index in [-0.39, 0.29) is 18.5 Å². The van der Waals surface area contributed by atoms with Crippen molar-refractivity contribution in [2.75, 3.05) is 0 Å². The molecule has 0 atom stereocenters. The Morgan fingerprint density at radius 3 is 1.93 bits per heavy atom. The van der Waals surface area contributed by atoms with Gasteiger partial charge in [0.05, 0.1) is 6.10 Å². The van der Waals surface area contributed by atoms with Crippen molar-refractivity contribution in [2.45, 2.75) is 33.2 Å². The lowest BCUT2D eigenvalue weighted by Gasteiger charge is -2.13. The first-order valence-electron chi connectivity index (χ1n) is 9.96. The molecular weight excluding hydrogens is 376 g/mol. The van der Waals surface area contributed by atoms with Crippen LogP contribution < -0.4 is 4.74 Å². The van der Waals surface area contributed by atoms with Gasteiger partial charge in [0, 0.05) is 0 Å². The Bertz CT molecular complexity index is 945. The molecule has 0 aliphatic heterocycles. The summed E-state index contributed by atoms with van der Waals surface area (Å²) >= 11 is 0. The number of carbonyl (C=O) groups excluding carboxylic acids is 1. The van der Waals surface area contributed by atoms with Crippen LogP contribution in [0.4, 0.5) is 0 Å². The Morgan fingerprint density at radius 1 is 0.800 bits per heavy atom. The number of benzene rings is 3. The van der Waals surface area contributed by atoms with Crippen LogP contribution in [0.1, 0.15) is 30.5 Å². The molecule has 0 amide bonds. The SMILES string of the molecule is CC(C)OC(=Cc1ccc(OCc2ccccc2)cc1)C(=O)OCc1ccccc1. The lowest BCUT2D eigenvalue weighted by Crippen LogP contribution is -2.14. The van der Waals surface area contributed by atoms with Gasteiger partial charge in [-0.05, 0) is 48.7 Å². The van der Waals surface area contributed by atoms with E-state index in [0.29, 0.717) is 6.61 Å². The molecule has 0 saturated carbocycles. The van der Waals surface area contributed by atoms with E-state index in [4.69, 9.17) is 14.2 Å². The van der Waals surface area contributed by atoms with E-state index in [1.165, 1.54) is 0 Å². The fraction of sp³-hybridized carbons (Fsp3) is 0.192. The third kappa shape index (κ3) is 6.82. The molecule has 0 spiro atoms. The molecule has 4 nitrogen and oxygen atoms in total. The van der Waals surface area contributed by atoms with Gasteiger partial charge in [0.1, 0.15) is 19.0 Å². The van der Waals surface area contributed by atoms with Crippen molar-refractivity contribution in [2.24, 2.45) is 0 Å². The maximum Gasteiger partial charge on any atom is 0.373 e. The van der Waals surface area contributed by atoms with Crippen LogP contribution in [0, 0.1) is 0 Å². The van der Waals surface area contributed by atoms with Crippen LogP contribution in [-0.4, -0.2) is 12.1 Å². The Labute approximate surface area is 177 Å². The second-order valence-corrected chi connectivity index (χ2v) is 7.08. The van der Waals surface area contributed by atoms with Crippen LogP contribution in [-0.2, 0) is 27.5 Å². The average molecular weight is 402 g/mol. The highest BCUT2D eigenvalue weighted by molar-refractivity contribution is 5.91. The number of esters is 1. The minimum absolute atomic E-state index is 0.144. The summed E-state index contributed by atoms with van der Waals surface area (Å²) in [6.45, 7) is 4.45. The lowest BCUT2D eigenvalue weighted by atomic mass is 10.2. The molecule has 0 bridgehead atoms. The molecule has 4 heteroatoms. The second-order valence-electron chi connectivity index (χ2n) is 7.08. The van der Waals surface area contributed by atoms with Crippen molar-refractivity contribution in [3.8, 4) is 5.75 Å². The highest BCUT2D eigenvalue weighted by atomic mass is 16.6. The van der Waals surface area contributed by atoms with Crippen molar-refractivity contribution in [3.63, 3.8) is 0 Å². The molecule has 0 N–H and O–H groups in total. The Morgan fingerprint density at radius 2 is 1.37 bits per heavy atom. The minimum Gasteiger partial charge on any atom is -0.489 e. The summed E-state index contributed by atoms with van der Waals surface area (Å²) in [5.74, 6) is 0.449. The maximum absolute atomic E-state index is 12.5. The number of hydrogen-bond donors (Lipinski definition) is 0. The van der Waals surface area contributed by atoms with Crippen LogP contribution in [0.3, 0.4) is 0 Å². The number of ether oxygens (including phenoxy) is 3. The third-order valence-electron chi connectivity index (χ3n) is 4.20. The molecule has 0 aliphatic carbocycles. The van der Waals surface area contributed by atoms with Gasteiger partial charge in [0.15, 0.2) is 0 Å². The first kappa shape index (κ1) is 21.2. The van der Waals surface area contributed by atoms with Gasteiger partial charge in [0.2, 0.25) is 5.76 Å². The number of rotatable bonds is 9. The topological polar surface area (TPSA) is 44.8 Å². The van der Waals surface area contributed by atoms with E-state index in [9.17, 15) is 4.79 Å². The smallest absolute Gasteiger partial charge is 0.373 e. The molecule has 0 fully saturated rings. The largest absolute Gasteiger partial charge is 0.489 e. The van der Waals surface area contributed by atoms with Crippen LogP contribution >= 0.6 is 0 Å². The zero-order chi connectivity index (χ0) is 21.2. The van der Waals surface area contributed by atoms with Gasteiger partial charge in [-0.15, -0.1) is 0 Å². The Hall–Kier alpha value is -3.53. The molecule has 30 heavy (non-hydrogen) atoms. The average Bonchev–Trinajstić information content (AvgIpc) is 2.77. The molecule has 154 valence electrons. The molecule has 0 heterocycles. The van der Waals surface area contributed by atoms with E-state index < -0.39 is 5.97 Å². The Balaban J connectivity index is 1.64. The third-order valence-corrected chi connectivity index (χ3v) is 4.20. The van der Waals surface area contributed by atoms with Gasteiger partial charge in [-0.3, -0.25) is 0 Å². The summed E-state index contributed by atoms with van der Waals surface area (Å²) < 4.78 is 16.9. The molecule has 3 aromatic carbocycles. The number of carbonyl (C=O) groups is 1. The molecule has 0 saturated heterocycles. The predicted octanol–water partition coefficient (Wildman–Crippen LogP) is 5.77. The van der Waals surface area contributed by atoms with Crippen molar-refractivity contribution in [1.29, 1.82) is 0 Å². The van der Waals surface area contributed by atoms with Crippen molar-refractivity contribution in [1.82, 2.24) is 0 Å². The Kier molecular flexibility index (Phi) is 7.67. The van der Waals surface area contributed by atoms with E-state index in [1.54, 1.807) is 6.08 Å². The normalized spacial score (nSPS) is 11.2. The summed E-state index contributed by atoms with van der Waals surface area (Å²) in [6, 6.07) is 27.1. The predicted molar refractivity (Wildman–Crippen MR) is 118 cm³/mol. The molecule has 0 aliphatic rings. The van der Waals surface area contributed by atoms with Crippen molar-refractivity contribution >= 4 is 12.0 Å². The van der Waals surface area contributed by atoms with Crippen molar-refractivity contribution < 1.29 is 19.0 Å². The van der Waals surface area contributed by atoms with Gasteiger partial charge in [0.25, 0.3) is 0 Å². The highest BCUT2D eigenvalue weighted by Crippen LogP contribution is 2.18. The zero-order valence-electron chi connectivity index (χ0n) is 17.3. The lowest BCUT2D eigenvalue weighted by molar-refractivity contribution is -0.145. The summed E-state index contributed by atoms with van der Waals surface area (Å²) in [5, 5.41) is 0. The summed E-state index contributed by atoms with van der Waals surface area (Å²) in [5.41, 5.74) is 2.86. The van der Waals surface area contributed by atoms with E-state index in [1.807, 2.05) is 98.8 Å². The second kappa shape index (κ2) is 10.9. The van der Waals surface area contributed by atoms with Gasteiger partial charge >= 0.3 is 5.97 Å². The maximum atomic E-state index is 12.5. The van der Waals surface area contributed by atoms with E-state index >= 15 is 0 Å². The van der Waals surface area contributed by atoms with Crippen LogP contribution in [0.15, 0.2) is 90.7 Å². The molecule has 3 rings (SSSR count). The number of hydrogen-bond acceptors (Lipinski definition) is 4. The van der Waals surface area contributed by atoms with Crippen LogP contribution in [0.25, 0.3) is 6.08 Å². The monoisotopic (exact) mass is 402 g/mol. The molecule has 0 unspecified atom stereocenters. The summed E-state index contributed by atoms with van der Waals surface area (Å²) in [6.07, 6.45) is 1.54. The van der Waals surface area contributed by atoms with Gasteiger partial charge in [-0.2, -0.15) is 0 Å². The van der Waals surface area contributed by atoms with Crippen LogP contribution in [0.2, 0.25) is 0 Å². The molecular formula is C26H26O4. The quantitative estimate of drug-likeness (QED) is 0.259. The van der Waals surface area contributed by atoms with Crippen LogP contribution in [0.5, 0.6) is 5.75 Å². The van der Waals surface area contributed by atoms with Gasteiger partial charge in [-0.1, -0.05) is 72.8 Å². The first-order valence-corrected chi connectivity index (χ1v) is 9.96. The zero-order valence-corrected chi connectivity index (χ0v) is 17.3. The summed E-state index contributed by atoms with van der Waals surface area (Å²) in [4.78, 5) is 12.5.